The van der Waals surface area contributed by atoms with Crippen molar-refractivity contribution < 1.29 is 14.0 Å². The summed E-state index contributed by atoms with van der Waals surface area (Å²) < 4.78 is 5.61. The number of piperazine rings is 1. The van der Waals surface area contributed by atoms with Gasteiger partial charge in [0.2, 0.25) is 5.91 Å². The summed E-state index contributed by atoms with van der Waals surface area (Å²) >= 11 is 1.45. The molecule has 28 heavy (non-hydrogen) atoms. The minimum atomic E-state index is -0.102. The molecule has 3 heterocycles. The molecular formula is C22H22N2O3S. The molecule has 6 heteroatoms. The maximum absolute atomic E-state index is 13.0. The third kappa shape index (κ3) is 4.02. The Balaban J connectivity index is 1.40. The van der Waals surface area contributed by atoms with Crippen LogP contribution >= 0.6 is 11.3 Å². The summed E-state index contributed by atoms with van der Waals surface area (Å²) in [5, 5.41) is 1.91. The van der Waals surface area contributed by atoms with E-state index in [1.165, 1.54) is 11.3 Å². The third-order valence-corrected chi connectivity index (χ3v) is 5.98. The number of rotatable bonds is 5. The first-order valence-corrected chi connectivity index (χ1v) is 10.3. The SMILES string of the molecule is O=C(CC(c1ccccc1)c1ccco1)N1CCN(C(=O)c2cccs2)CC1. The van der Waals surface area contributed by atoms with E-state index in [1.807, 2.05) is 69.8 Å². The van der Waals surface area contributed by atoms with Gasteiger partial charge in [0, 0.05) is 32.6 Å². The fraction of sp³-hybridized carbons (Fsp3) is 0.273. The zero-order valence-electron chi connectivity index (χ0n) is 15.5. The highest BCUT2D eigenvalue weighted by Crippen LogP contribution is 2.29. The molecular weight excluding hydrogens is 372 g/mol. The van der Waals surface area contributed by atoms with Gasteiger partial charge in [-0.3, -0.25) is 9.59 Å². The first-order chi connectivity index (χ1) is 13.7. The Labute approximate surface area is 168 Å². The molecule has 1 aromatic carbocycles. The van der Waals surface area contributed by atoms with Crippen molar-refractivity contribution in [1.29, 1.82) is 0 Å². The molecule has 0 spiro atoms. The van der Waals surface area contributed by atoms with Crippen molar-refractivity contribution in [1.82, 2.24) is 9.80 Å². The zero-order valence-corrected chi connectivity index (χ0v) is 16.3. The topological polar surface area (TPSA) is 53.8 Å². The lowest BCUT2D eigenvalue weighted by Gasteiger charge is -2.35. The summed E-state index contributed by atoms with van der Waals surface area (Å²) in [5.74, 6) is 0.842. The lowest BCUT2D eigenvalue weighted by Crippen LogP contribution is -2.50. The molecule has 5 nitrogen and oxygen atoms in total. The number of thiophene rings is 1. The van der Waals surface area contributed by atoms with Crippen LogP contribution in [0.3, 0.4) is 0 Å². The molecule has 2 amide bonds. The van der Waals surface area contributed by atoms with Gasteiger partial charge < -0.3 is 14.2 Å². The van der Waals surface area contributed by atoms with Gasteiger partial charge >= 0.3 is 0 Å². The maximum atomic E-state index is 13.0. The van der Waals surface area contributed by atoms with E-state index >= 15 is 0 Å². The van der Waals surface area contributed by atoms with Crippen LogP contribution in [0.4, 0.5) is 0 Å². The van der Waals surface area contributed by atoms with Crippen LogP contribution in [-0.4, -0.2) is 47.8 Å². The average molecular weight is 394 g/mol. The molecule has 1 unspecified atom stereocenters. The van der Waals surface area contributed by atoms with E-state index in [-0.39, 0.29) is 17.7 Å². The van der Waals surface area contributed by atoms with Crippen LogP contribution in [0, 0.1) is 0 Å². The number of carbonyl (C=O) groups is 2. The van der Waals surface area contributed by atoms with Crippen molar-refractivity contribution in [3.8, 4) is 0 Å². The highest BCUT2D eigenvalue weighted by atomic mass is 32.1. The largest absolute Gasteiger partial charge is 0.469 e. The van der Waals surface area contributed by atoms with Gasteiger partial charge in [0.25, 0.3) is 5.91 Å². The Kier molecular flexibility index (Phi) is 5.58. The molecule has 0 aliphatic carbocycles. The summed E-state index contributed by atoms with van der Waals surface area (Å²) in [6.45, 7) is 2.27. The fourth-order valence-corrected chi connectivity index (χ4v) is 4.27. The lowest BCUT2D eigenvalue weighted by atomic mass is 9.92. The number of carbonyl (C=O) groups excluding carboxylic acids is 2. The lowest BCUT2D eigenvalue weighted by molar-refractivity contribution is -0.133. The highest BCUT2D eigenvalue weighted by Gasteiger charge is 2.28. The summed E-state index contributed by atoms with van der Waals surface area (Å²) in [6.07, 6.45) is 2.00. The molecule has 144 valence electrons. The Morgan fingerprint density at radius 2 is 1.68 bits per heavy atom. The van der Waals surface area contributed by atoms with Crippen molar-refractivity contribution in [2.45, 2.75) is 12.3 Å². The average Bonchev–Trinajstić information content (AvgIpc) is 3.46. The van der Waals surface area contributed by atoms with Gasteiger partial charge in [0.05, 0.1) is 17.1 Å². The van der Waals surface area contributed by atoms with E-state index in [2.05, 4.69) is 0 Å². The summed E-state index contributed by atoms with van der Waals surface area (Å²) in [7, 11) is 0. The van der Waals surface area contributed by atoms with Crippen LogP contribution in [0.5, 0.6) is 0 Å². The molecule has 0 radical (unpaired) electrons. The standard InChI is InChI=1S/C22H22N2O3S/c25-21(16-18(19-8-4-14-27-19)17-6-2-1-3-7-17)23-10-12-24(13-11-23)22(26)20-9-5-15-28-20/h1-9,14-15,18H,10-13,16H2. The van der Waals surface area contributed by atoms with Gasteiger partial charge in [-0.2, -0.15) is 0 Å². The Bertz CT molecular complexity index is 899. The number of benzene rings is 1. The quantitative estimate of drug-likeness (QED) is 0.661. The van der Waals surface area contributed by atoms with Crippen molar-refractivity contribution in [3.63, 3.8) is 0 Å². The molecule has 1 saturated heterocycles. The molecule has 1 aliphatic heterocycles. The highest BCUT2D eigenvalue weighted by molar-refractivity contribution is 7.12. The monoisotopic (exact) mass is 394 g/mol. The smallest absolute Gasteiger partial charge is 0.264 e. The van der Waals surface area contributed by atoms with Gasteiger partial charge in [0.1, 0.15) is 5.76 Å². The molecule has 1 aliphatic rings. The number of amides is 2. The predicted molar refractivity (Wildman–Crippen MR) is 108 cm³/mol. The first-order valence-electron chi connectivity index (χ1n) is 9.41. The second kappa shape index (κ2) is 8.44. The van der Waals surface area contributed by atoms with E-state index in [4.69, 9.17) is 4.42 Å². The summed E-state index contributed by atoms with van der Waals surface area (Å²) in [4.78, 5) is 29.9. The Morgan fingerprint density at radius 1 is 0.929 bits per heavy atom. The summed E-state index contributed by atoms with van der Waals surface area (Å²) in [5.41, 5.74) is 1.07. The van der Waals surface area contributed by atoms with Crippen LogP contribution in [-0.2, 0) is 4.79 Å². The third-order valence-electron chi connectivity index (χ3n) is 5.12. The van der Waals surface area contributed by atoms with Gasteiger partial charge in [-0.1, -0.05) is 36.4 Å². The molecule has 1 atom stereocenters. The van der Waals surface area contributed by atoms with Gasteiger partial charge in [0.15, 0.2) is 0 Å². The predicted octanol–water partition coefficient (Wildman–Crippen LogP) is 3.85. The van der Waals surface area contributed by atoms with E-state index in [9.17, 15) is 9.59 Å². The number of nitrogens with zero attached hydrogens (tertiary/aromatic N) is 2. The number of hydrogen-bond acceptors (Lipinski definition) is 4. The zero-order chi connectivity index (χ0) is 19.3. The Hall–Kier alpha value is -2.86. The minimum Gasteiger partial charge on any atom is -0.469 e. The second-order valence-electron chi connectivity index (χ2n) is 6.83. The second-order valence-corrected chi connectivity index (χ2v) is 7.78. The molecule has 2 aromatic heterocycles. The minimum absolute atomic E-state index is 0.0554. The Morgan fingerprint density at radius 3 is 2.32 bits per heavy atom. The number of furan rings is 1. The number of hydrogen-bond donors (Lipinski definition) is 0. The van der Waals surface area contributed by atoms with Crippen molar-refractivity contribution in [2.75, 3.05) is 26.2 Å². The van der Waals surface area contributed by atoms with Crippen molar-refractivity contribution in [3.05, 3.63) is 82.4 Å². The van der Waals surface area contributed by atoms with Crippen molar-refractivity contribution >= 4 is 23.2 Å². The maximum Gasteiger partial charge on any atom is 0.264 e. The normalized spacial score (nSPS) is 15.4. The van der Waals surface area contributed by atoms with Crippen LogP contribution in [0.2, 0.25) is 0 Å². The van der Waals surface area contributed by atoms with E-state index in [0.717, 1.165) is 16.2 Å². The first kappa shape index (κ1) is 18.5. The molecule has 1 fully saturated rings. The van der Waals surface area contributed by atoms with E-state index < -0.39 is 0 Å². The van der Waals surface area contributed by atoms with Gasteiger partial charge in [-0.25, -0.2) is 0 Å². The van der Waals surface area contributed by atoms with Crippen molar-refractivity contribution in [2.24, 2.45) is 0 Å². The molecule has 3 aromatic rings. The fourth-order valence-electron chi connectivity index (χ4n) is 3.58. The van der Waals surface area contributed by atoms with Gasteiger partial charge in [-0.15, -0.1) is 11.3 Å². The van der Waals surface area contributed by atoms with E-state index in [1.54, 1.807) is 6.26 Å². The van der Waals surface area contributed by atoms with Gasteiger partial charge in [-0.05, 0) is 29.1 Å². The molecule has 0 N–H and O–H groups in total. The van der Waals surface area contributed by atoms with Crippen LogP contribution in [0.1, 0.15) is 33.3 Å². The summed E-state index contributed by atoms with van der Waals surface area (Å²) in [6, 6.07) is 17.5. The van der Waals surface area contributed by atoms with Crippen LogP contribution < -0.4 is 0 Å². The molecule has 4 rings (SSSR count). The van der Waals surface area contributed by atoms with Crippen LogP contribution in [0.25, 0.3) is 0 Å². The van der Waals surface area contributed by atoms with Crippen LogP contribution in [0.15, 0.2) is 70.7 Å². The van der Waals surface area contributed by atoms with E-state index in [0.29, 0.717) is 32.6 Å². The molecule has 0 saturated carbocycles. The molecule has 0 bridgehead atoms.